The van der Waals surface area contributed by atoms with Crippen LogP contribution in [0, 0.1) is 6.92 Å². The molecule has 0 amide bonds. The van der Waals surface area contributed by atoms with E-state index < -0.39 is 9.84 Å². The molecule has 9 heteroatoms. The zero-order valence-corrected chi connectivity index (χ0v) is 19.6. The van der Waals surface area contributed by atoms with E-state index in [1.165, 1.54) is 12.1 Å². The summed E-state index contributed by atoms with van der Waals surface area (Å²) in [5.74, 6) is 1.55. The molecule has 3 heterocycles. The maximum Gasteiger partial charge on any atom is 0.236 e. The maximum atomic E-state index is 13.8. The topological polar surface area (TPSA) is 85.1 Å². The molecule has 3 aromatic rings. The van der Waals surface area contributed by atoms with Crippen LogP contribution in [-0.2, 0) is 9.84 Å². The number of aromatic nitrogens is 1. The number of sulfone groups is 1. The average Bonchev–Trinajstić information content (AvgIpc) is 3.30. The SMILES string of the molecule is CCN1CCN(c2oc(-c3ccccc3C)nc2S(=O)(=O)c2ccc3c(c2)OCCO3)CC1. The largest absolute Gasteiger partial charge is 0.486 e. The zero-order chi connectivity index (χ0) is 23.0. The van der Waals surface area contributed by atoms with Gasteiger partial charge in [0.05, 0.1) is 4.90 Å². The monoisotopic (exact) mass is 469 g/mol. The third-order valence-electron chi connectivity index (χ3n) is 6.14. The molecule has 2 aliphatic rings. The minimum atomic E-state index is -3.97. The van der Waals surface area contributed by atoms with Crippen LogP contribution in [0.15, 0.2) is 56.8 Å². The second-order valence-electron chi connectivity index (χ2n) is 8.17. The second kappa shape index (κ2) is 8.72. The Morgan fingerprint density at radius 1 is 0.970 bits per heavy atom. The van der Waals surface area contributed by atoms with E-state index in [0.717, 1.165) is 30.8 Å². The van der Waals surface area contributed by atoms with E-state index in [2.05, 4.69) is 16.8 Å². The molecule has 1 fully saturated rings. The third-order valence-corrected chi connectivity index (χ3v) is 7.79. The highest BCUT2D eigenvalue weighted by atomic mass is 32.2. The average molecular weight is 470 g/mol. The van der Waals surface area contributed by atoms with Gasteiger partial charge in [-0.25, -0.2) is 8.42 Å². The van der Waals surface area contributed by atoms with Crippen LogP contribution < -0.4 is 14.4 Å². The molecule has 0 radical (unpaired) electrons. The van der Waals surface area contributed by atoms with E-state index in [1.54, 1.807) is 6.07 Å². The van der Waals surface area contributed by atoms with Crippen molar-refractivity contribution in [1.29, 1.82) is 0 Å². The minimum absolute atomic E-state index is 0.0672. The van der Waals surface area contributed by atoms with E-state index in [9.17, 15) is 8.42 Å². The number of anilines is 1. The fourth-order valence-corrected chi connectivity index (χ4v) is 5.51. The number of nitrogens with zero attached hydrogens (tertiary/aromatic N) is 3. The van der Waals surface area contributed by atoms with Crippen molar-refractivity contribution >= 4 is 15.7 Å². The van der Waals surface area contributed by atoms with Gasteiger partial charge in [0, 0.05) is 37.8 Å². The molecule has 1 aromatic heterocycles. The molecule has 2 aliphatic heterocycles. The first kappa shape index (κ1) is 21.8. The molecule has 5 rings (SSSR count). The molecular formula is C24H27N3O5S. The van der Waals surface area contributed by atoms with Crippen molar-refractivity contribution in [3.63, 3.8) is 0 Å². The standard InChI is InChI=1S/C24H27N3O5S/c1-3-26-10-12-27(13-11-26)24-23(25-22(32-24)19-7-5-4-6-17(19)2)33(28,29)18-8-9-20-21(16-18)31-15-14-30-20/h4-9,16H,3,10-15H2,1-2H3. The van der Waals surface area contributed by atoms with Crippen molar-refractivity contribution in [3.05, 3.63) is 48.0 Å². The van der Waals surface area contributed by atoms with Gasteiger partial charge in [-0.3, -0.25) is 0 Å². The number of hydrogen-bond acceptors (Lipinski definition) is 8. The molecule has 33 heavy (non-hydrogen) atoms. The number of oxazole rings is 1. The van der Waals surface area contributed by atoms with Gasteiger partial charge < -0.3 is 23.7 Å². The van der Waals surface area contributed by atoms with Gasteiger partial charge in [-0.15, -0.1) is 0 Å². The fraction of sp³-hybridized carbons (Fsp3) is 0.375. The lowest BCUT2D eigenvalue weighted by Crippen LogP contribution is -2.46. The number of hydrogen-bond donors (Lipinski definition) is 0. The molecule has 0 N–H and O–H groups in total. The predicted octanol–water partition coefficient (Wildman–Crippen LogP) is 3.40. The molecule has 0 aliphatic carbocycles. The van der Waals surface area contributed by atoms with Crippen molar-refractivity contribution in [2.24, 2.45) is 0 Å². The Hall–Kier alpha value is -3.04. The number of aryl methyl sites for hydroxylation is 1. The maximum absolute atomic E-state index is 13.8. The van der Waals surface area contributed by atoms with E-state index >= 15 is 0 Å². The molecule has 0 saturated carbocycles. The first-order valence-electron chi connectivity index (χ1n) is 11.2. The highest BCUT2D eigenvalue weighted by Gasteiger charge is 2.33. The highest BCUT2D eigenvalue weighted by Crippen LogP contribution is 2.39. The molecule has 0 bridgehead atoms. The summed E-state index contributed by atoms with van der Waals surface area (Å²) in [7, 11) is -3.97. The molecule has 1 saturated heterocycles. The Labute approximate surface area is 193 Å². The van der Waals surface area contributed by atoms with Crippen LogP contribution >= 0.6 is 0 Å². The number of benzene rings is 2. The zero-order valence-electron chi connectivity index (χ0n) is 18.8. The van der Waals surface area contributed by atoms with E-state index in [4.69, 9.17) is 13.9 Å². The van der Waals surface area contributed by atoms with Crippen LogP contribution in [-0.4, -0.2) is 64.2 Å². The Morgan fingerprint density at radius 2 is 1.70 bits per heavy atom. The van der Waals surface area contributed by atoms with E-state index in [0.29, 0.717) is 49.6 Å². The molecule has 8 nitrogen and oxygen atoms in total. The Kier molecular flexibility index (Phi) is 5.76. The van der Waals surface area contributed by atoms with Crippen molar-refractivity contribution in [2.75, 3.05) is 50.8 Å². The van der Waals surface area contributed by atoms with Crippen LogP contribution in [0.1, 0.15) is 12.5 Å². The van der Waals surface area contributed by atoms with Crippen molar-refractivity contribution in [3.8, 4) is 23.0 Å². The summed E-state index contributed by atoms with van der Waals surface area (Å²) in [5, 5.41) is -0.0672. The van der Waals surface area contributed by atoms with Crippen LogP contribution in [0.5, 0.6) is 11.5 Å². The van der Waals surface area contributed by atoms with Gasteiger partial charge in [-0.2, -0.15) is 4.98 Å². The summed E-state index contributed by atoms with van der Waals surface area (Å²) in [5.41, 5.74) is 1.74. The first-order valence-corrected chi connectivity index (χ1v) is 12.6. The summed E-state index contributed by atoms with van der Waals surface area (Å²) in [6.07, 6.45) is 0. The van der Waals surface area contributed by atoms with Crippen LogP contribution in [0.3, 0.4) is 0 Å². The molecule has 0 unspecified atom stereocenters. The minimum Gasteiger partial charge on any atom is -0.486 e. The molecule has 2 aromatic carbocycles. The van der Waals surface area contributed by atoms with Gasteiger partial charge in [-0.1, -0.05) is 25.1 Å². The number of likely N-dealkylation sites (N-methyl/N-ethyl adjacent to an activating group) is 1. The summed E-state index contributed by atoms with van der Waals surface area (Å²) < 4.78 is 44.9. The summed E-state index contributed by atoms with van der Waals surface area (Å²) in [6.45, 7) is 8.86. The van der Waals surface area contributed by atoms with E-state index in [1.807, 2.05) is 36.1 Å². The van der Waals surface area contributed by atoms with Crippen molar-refractivity contribution in [2.45, 2.75) is 23.8 Å². The van der Waals surface area contributed by atoms with Crippen LogP contribution in [0.2, 0.25) is 0 Å². The van der Waals surface area contributed by atoms with Gasteiger partial charge in [0.15, 0.2) is 11.5 Å². The Bertz CT molecular complexity index is 1260. The lowest BCUT2D eigenvalue weighted by molar-refractivity contribution is 0.171. The Balaban J connectivity index is 1.60. The molecule has 0 atom stereocenters. The lowest BCUT2D eigenvalue weighted by atomic mass is 10.1. The van der Waals surface area contributed by atoms with Gasteiger partial charge in [0.2, 0.25) is 26.6 Å². The Morgan fingerprint density at radius 3 is 2.42 bits per heavy atom. The van der Waals surface area contributed by atoms with Crippen LogP contribution in [0.25, 0.3) is 11.5 Å². The van der Waals surface area contributed by atoms with Gasteiger partial charge >= 0.3 is 0 Å². The van der Waals surface area contributed by atoms with Crippen LogP contribution in [0.4, 0.5) is 5.88 Å². The van der Waals surface area contributed by atoms with Crippen molar-refractivity contribution < 1.29 is 22.3 Å². The number of piperazine rings is 1. The highest BCUT2D eigenvalue weighted by molar-refractivity contribution is 7.91. The fourth-order valence-electron chi connectivity index (χ4n) is 4.17. The van der Waals surface area contributed by atoms with Gasteiger partial charge in [-0.05, 0) is 37.2 Å². The van der Waals surface area contributed by atoms with E-state index in [-0.39, 0.29) is 9.92 Å². The van der Waals surface area contributed by atoms with Crippen molar-refractivity contribution in [1.82, 2.24) is 9.88 Å². The van der Waals surface area contributed by atoms with Gasteiger partial charge in [0.25, 0.3) is 0 Å². The first-order chi connectivity index (χ1) is 16.0. The molecule has 174 valence electrons. The predicted molar refractivity (Wildman–Crippen MR) is 124 cm³/mol. The van der Waals surface area contributed by atoms with Gasteiger partial charge in [0.1, 0.15) is 13.2 Å². The summed E-state index contributed by atoms with van der Waals surface area (Å²) >= 11 is 0. The summed E-state index contributed by atoms with van der Waals surface area (Å²) in [4.78, 5) is 8.94. The normalized spacial score (nSPS) is 16.7. The lowest BCUT2D eigenvalue weighted by Gasteiger charge is -2.33. The molecular weight excluding hydrogens is 442 g/mol. The number of rotatable bonds is 5. The number of fused-ring (bicyclic) bond motifs is 1. The smallest absolute Gasteiger partial charge is 0.236 e. The summed E-state index contributed by atoms with van der Waals surface area (Å²) in [6, 6.07) is 12.3. The quantitative estimate of drug-likeness (QED) is 0.562. The second-order valence-corrected chi connectivity index (χ2v) is 10.0. The third kappa shape index (κ3) is 4.06. The molecule has 0 spiro atoms. The number of ether oxygens (including phenoxy) is 2.